The molecule has 0 fully saturated rings. The third-order valence-electron chi connectivity index (χ3n) is 3.00. The lowest BCUT2D eigenvalue weighted by atomic mass is 10.3. The highest BCUT2D eigenvalue weighted by atomic mass is 32.2. The van der Waals surface area contributed by atoms with E-state index in [-0.39, 0.29) is 10.6 Å². The SMILES string of the molecule is CN(Cc1cnn(C)c1)C(=O)C[S@@](=O)c1ccc(F)cc1F. The normalized spacial score (nSPS) is 12.2. The van der Waals surface area contributed by atoms with Crippen LogP contribution in [-0.4, -0.2) is 37.6 Å². The van der Waals surface area contributed by atoms with Crippen molar-refractivity contribution >= 4 is 16.7 Å². The predicted molar refractivity (Wildman–Crippen MR) is 77.3 cm³/mol. The number of hydrogen-bond donors (Lipinski definition) is 0. The second-order valence-electron chi connectivity index (χ2n) is 4.84. The smallest absolute Gasteiger partial charge is 0.235 e. The Balaban J connectivity index is 1.99. The fourth-order valence-corrected chi connectivity index (χ4v) is 2.97. The Hall–Kier alpha value is -2.09. The molecule has 0 N–H and O–H groups in total. The van der Waals surface area contributed by atoms with Crippen molar-refractivity contribution in [1.82, 2.24) is 14.7 Å². The molecule has 118 valence electrons. The van der Waals surface area contributed by atoms with Crippen molar-refractivity contribution in [3.8, 4) is 0 Å². The molecular formula is C14H15F2N3O2S. The van der Waals surface area contributed by atoms with Crippen LogP contribution >= 0.6 is 0 Å². The summed E-state index contributed by atoms with van der Waals surface area (Å²) in [6, 6.07) is 2.76. The second kappa shape index (κ2) is 6.78. The van der Waals surface area contributed by atoms with E-state index in [0.717, 1.165) is 17.7 Å². The van der Waals surface area contributed by atoms with Gasteiger partial charge in [-0.1, -0.05) is 0 Å². The summed E-state index contributed by atoms with van der Waals surface area (Å²) < 4.78 is 40.0. The zero-order chi connectivity index (χ0) is 16.3. The van der Waals surface area contributed by atoms with Gasteiger partial charge in [0, 0.05) is 38.5 Å². The quantitative estimate of drug-likeness (QED) is 0.835. The van der Waals surface area contributed by atoms with Gasteiger partial charge in [-0.25, -0.2) is 8.78 Å². The van der Waals surface area contributed by atoms with Crippen LogP contribution in [0.15, 0.2) is 35.5 Å². The van der Waals surface area contributed by atoms with E-state index < -0.39 is 28.3 Å². The predicted octanol–water partition coefficient (Wildman–Crippen LogP) is 1.46. The van der Waals surface area contributed by atoms with Crippen LogP contribution in [0.25, 0.3) is 0 Å². The van der Waals surface area contributed by atoms with E-state index >= 15 is 0 Å². The van der Waals surface area contributed by atoms with Crippen molar-refractivity contribution in [1.29, 1.82) is 0 Å². The van der Waals surface area contributed by atoms with Gasteiger partial charge in [0.15, 0.2) is 0 Å². The number of benzene rings is 1. The summed E-state index contributed by atoms with van der Waals surface area (Å²) in [6.07, 6.45) is 3.39. The lowest BCUT2D eigenvalue weighted by Crippen LogP contribution is -2.30. The van der Waals surface area contributed by atoms with Crippen LogP contribution < -0.4 is 0 Å². The Kier molecular flexibility index (Phi) is 5.02. The standard InChI is InChI=1S/C14H15F2N3O2S/c1-18(7-10-6-17-19(2)8-10)14(20)9-22(21)13-4-3-11(15)5-12(13)16/h3-6,8H,7,9H2,1-2H3/t22-/m1/s1. The molecule has 1 amide bonds. The molecule has 2 rings (SSSR count). The van der Waals surface area contributed by atoms with Crippen LogP contribution in [-0.2, 0) is 29.2 Å². The average molecular weight is 327 g/mol. The molecule has 1 atom stereocenters. The van der Waals surface area contributed by atoms with Gasteiger partial charge in [0.1, 0.15) is 17.4 Å². The number of aromatic nitrogens is 2. The molecule has 0 saturated heterocycles. The van der Waals surface area contributed by atoms with Crippen molar-refractivity contribution in [2.24, 2.45) is 7.05 Å². The van der Waals surface area contributed by atoms with Crippen molar-refractivity contribution in [2.75, 3.05) is 12.8 Å². The van der Waals surface area contributed by atoms with Gasteiger partial charge < -0.3 is 4.90 Å². The summed E-state index contributed by atoms with van der Waals surface area (Å²) in [4.78, 5) is 13.2. The van der Waals surface area contributed by atoms with Crippen molar-refractivity contribution < 1.29 is 17.8 Å². The highest BCUT2D eigenvalue weighted by Crippen LogP contribution is 2.14. The maximum absolute atomic E-state index is 13.5. The molecule has 1 aromatic heterocycles. The van der Waals surface area contributed by atoms with Crippen LogP contribution in [0.1, 0.15) is 5.56 Å². The Morgan fingerprint density at radius 2 is 2.14 bits per heavy atom. The number of amides is 1. The van der Waals surface area contributed by atoms with Gasteiger partial charge in [-0.15, -0.1) is 0 Å². The highest BCUT2D eigenvalue weighted by molar-refractivity contribution is 7.85. The summed E-state index contributed by atoms with van der Waals surface area (Å²) in [6.45, 7) is 0.315. The Morgan fingerprint density at radius 1 is 1.41 bits per heavy atom. The molecule has 8 heteroatoms. The van der Waals surface area contributed by atoms with Crippen LogP contribution in [0, 0.1) is 11.6 Å². The first-order valence-corrected chi connectivity index (χ1v) is 7.73. The van der Waals surface area contributed by atoms with Gasteiger partial charge in [-0.3, -0.25) is 13.7 Å². The molecule has 0 aliphatic rings. The van der Waals surface area contributed by atoms with E-state index in [4.69, 9.17) is 0 Å². The van der Waals surface area contributed by atoms with E-state index in [2.05, 4.69) is 5.10 Å². The highest BCUT2D eigenvalue weighted by Gasteiger charge is 2.18. The van der Waals surface area contributed by atoms with E-state index in [1.54, 1.807) is 31.2 Å². The average Bonchev–Trinajstić information content (AvgIpc) is 2.83. The van der Waals surface area contributed by atoms with Gasteiger partial charge >= 0.3 is 0 Å². The molecule has 0 saturated carbocycles. The molecule has 0 unspecified atom stereocenters. The van der Waals surface area contributed by atoms with Crippen LogP contribution in [0.3, 0.4) is 0 Å². The molecule has 0 radical (unpaired) electrons. The van der Waals surface area contributed by atoms with Crippen molar-refractivity contribution in [2.45, 2.75) is 11.4 Å². The summed E-state index contributed by atoms with van der Waals surface area (Å²) >= 11 is 0. The Bertz CT molecular complexity index is 718. The largest absolute Gasteiger partial charge is 0.341 e. The van der Waals surface area contributed by atoms with Gasteiger partial charge in [-0.2, -0.15) is 5.10 Å². The molecule has 2 aromatic rings. The number of halogens is 2. The minimum absolute atomic E-state index is 0.176. The zero-order valence-corrected chi connectivity index (χ0v) is 12.9. The zero-order valence-electron chi connectivity index (χ0n) is 12.1. The number of nitrogens with zero attached hydrogens (tertiary/aromatic N) is 3. The van der Waals surface area contributed by atoms with E-state index in [9.17, 15) is 17.8 Å². The van der Waals surface area contributed by atoms with Crippen LogP contribution in [0.4, 0.5) is 8.78 Å². The minimum atomic E-state index is -1.86. The van der Waals surface area contributed by atoms with Gasteiger partial charge in [0.05, 0.1) is 21.9 Å². The molecule has 22 heavy (non-hydrogen) atoms. The Labute approximate surface area is 129 Å². The second-order valence-corrected chi connectivity index (χ2v) is 6.26. The maximum atomic E-state index is 13.5. The number of carbonyl (C=O) groups is 1. The minimum Gasteiger partial charge on any atom is -0.341 e. The first kappa shape index (κ1) is 16.3. The number of rotatable bonds is 5. The third-order valence-corrected chi connectivity index (χ3v) is 4.33. The fraction of sp³-hybridized carbons (Fsp3) is 0.286. The fourth-order valence-electron chi connectivity index (χ4n) is 1.88. The van der Waals surface area contributed by atoms with Gasteiger partial charge in [0.25, 0.3) is 0 Å². The van der Waals surface area contributed by atoms with E-state index in [0.29, 0.717) is 12.6 Å². The van der Waals surface area contributed by atoms with Gasteiger partial charge in [0.2, 0.25) is 5.91 Å². The molecule has 0 bridgehead atoms. The lowest BCUT2D eigenvalue weighted by molar-refractivity contribution is -0.127. The molecule has 0 spiro atoms. The molecule has 5 nitrogen and oxygen atoms in total. The summed E-state index contributed by atoms with van der Waals surface area (Å²) in [7, 11) is 1.46. The topological polar surface area (TPSA) is 55.2 Å². The first-order valence-electron chi connectivity index (χ1n) is 6.41. The summed E-state index contributed by atoms with van der Waals surface area (Å²) in [5.41, 5.74) is 0.831. The maximum Gasteiger partial charge on any atom is 0.235 e. The van der Waals surface area contributed by atoms with Crippen LogP contribution in [0.2, 0.25) is 0 Å². The molecular weight excluding hydrogens is 312 g/mol. The lowest BCUT2D eigenvalue weighted by Gasteiger charge is -2.16. The van der Waals surface area contributed by atoms with Crippen molar-refractivity contribution in [3.05, 3.63) is 47.8 Å². The van der Waals surface area contributed by atoms with E-state index in [1.165, 1.54) is 4.90 Å². The molecule has 1 aromatic carbocycles. The van der Waals surface area contributed by atoms with E-state index in [1.807, 2.05) is 0 Å². The number of hydrogen-bond acceptors (Lipinski definition) is 3. The molecule has 1 heterocycles. The molecule has 0 aliphatic heterocycles. The third kappa shape index (κ3) is 3.97. The number of carbonyl (C=O) groups excluding carboxylic acids is 1. The summed E-state index contributed by atoms with van der Waals surface area (Å²) in [5, 5.41) is 3.99. The Morgan fingerprint density at radius 3 is 2.73 bits per heavy atom. The van der Waals surface area contributed by atoms with Crippen molar-refractivity contribution in [3.63, 3.8) is 0 Å². The molecule has 0 aliphatic carbocycles. The van der Waals surface area contributed by atoms with Crippen LogP contribution in [0.5, 0.6) is 0 Å². The summed E-state index contributed by atoms with van der Waals surface area (Å²) in [5.74, 6) is -2.43. The number of aryl methyl sites for hydroxylation is 1. The van der Waals surface area contributed by atoms with Gasteiger partial charge in [-0.05, 0) is 12.1 Å². The monoisotopic (exact) mass is 327 g/mol. The first-order chi connectivity index (χ1) is 10.4.